The van der Waals surface area contributed by atoms with Crippen molar-refractivity contribution in [3.8, 4) is 0 Å². The van der Waals surface area contributed by atoms with Gasteiger partial charge in [0.15, 0.2) is 0 Å². The lowest BCUT2D eigenvalue weighted by Crippen LogP contribution is -2.59. The second-order valence-corrected chi connectivity index (χ2v) is 8.56. The fraction of sp³-hybridized carbons (Fsp3) is 0.571. The summed E-state index contributed by atoms with van der Waals surface area (Å²) in [4.78, 5) is 0.126. The monoisotopic (exact) mass is 348 g/mol. The highest BCUT2D eigenvalue weighted by molar-refractivity contribution is 7.89. The molecule has 4 nitrogen and oxygen atoms in total. The summed E-state index contributed by atoms with van der Waals surface area (Å²) >= 11 is 11.8. The van der Waals surface area contributed by atoms with Crippen LogP contribution < -0.4 is 10.0 Å². The summed E-state index contributed by atoms with van der Waals surface area (Å²) in [6, 6.07) is 4.34. The van der Waals surface area contributed by atoms with E-state index in [1.54, 1.807) is 0 Å². The number of halogens is 2. The molecule has 2 fully saturated rings. The molecule has 2 aliphatic rings. The maximum absolute atomic E-state index is 12.5. The molecule has 1 aliphatic carbocycles. The quantitative estimate of drug-likeness (QED) is 0.882. The Morgan fingerprint density at radius 1 is 1.19 bits per heavy atom. The number of benzene rings is 1. The molecule has 1 saturated carbocycles. The zero-order valence-electron chi connectivity index (χ0n) is 11.5. The molecule has 2 N–H and O–H groups in total. The van der Waals surface area contributed by atoms with Gasteiger partial charge in [-0.25, -0.2) is 13.1 Å². The highest BCUT2D eigenvalue weighted by atomic mass is 35.5. The summed E-state index contributed by atoms with van der Waals surface area (Å²) in [5, 5.41) is 4.17. The first-order valence-corrected chi connectivity index (χ1v) is 9.36. The van der Waals surface area contributed by atoms with Crippen LogP contribution in [0.2, 0.25) is 10.0 Å². The zero-order valence-corrected chi connectivity index (χ0v) is 13.9. The third kappa shape index (κ3) is 3.37. The van der Waals surface area contributed by atoms with Crippen molar-refractivity contribution in [3.63, 3.8) is 0 Å². The second-order valence-electron chi connectivity index (χ2n) is 5.98. The Morgan fingerprint density at radius 3 is 2.43 bits per heavy atom. The Kier molecular flexibility index (Phi) is 4.23. The van der Waals surface area contributed by atoms with Crippen LogP contribution in [0.15, 0.2) is 23.1 Å². The number of sulfonamides is 1. The fourth-order valence-corrected chi connectivity index (χ4v) is 5.21. The maximum Gasteiger partial charge on any atom is 0.240 e. The smallest absolute Gasteiger partial charge is 0.240 e. The zero-order chi connectivity index (χ0) is 15.1. The predicted octanol–water partition coefficient (Wildman–Crippen LogP) is 2.95. The van der Waals surface area contributed by atoms with Gasteiger partial charge >= 0.3 is 0 Å². The van der Waals surface area contributed by atoms with E-state index in [1.165, 1.54) is 24.6 Å². The van der Waals surface area contributed by atoms with Gasteiger partial charge < -0.3 is 5.32 Å². The molecule has 1 unspecified atom stereocenters. The third-order valence-electron chi connectivity index (χ3n) is 4.41. The second kappa shape index (κ2) is 5.70. The minimum Gasteiger partial charge on any atom is -0.311 e. The largest absolute Gasteiger partial charge is 0.311 e. The van der Waals surface area contributed by atoms with E-state index in [1.807, 2.05) is 0 Å². The molecule has 1 heterocycles. The molecule has 21 heavy (non-hydrogen) atoms. The van der Waals surface area contributed by atoms with Crippen molar-refractivity contribution >= 4 is 33.2 Å². The molecule has 1 saturated heterocycles. The van der Waals surface area contributed by atoms with Crippen molar-refractivity contribution in [1.29, 1.82) is 0 Å². The molecule has 0 amide bonds. The van der Waals surface area contributed by atoms with E-state index in [-0.39, 0.29) is 16.5 Å². The first-order valence-electron chi connectivity index (χ1n) is 7.12. The topological polar surface area (TPSA) is 58.2 Å². The summed E-state index contributed by atoms with van der Waals surface area (Å²) in [6.45, 7) is 0.851. The van der Waals surface area contributed by atoms with Crippen LogP contribution in [0.3, 0.4) is 0 Å². The number of nitrogens with one attached hydrogen (secondary N) is 2. The van der Waals surface area contributed by atoms with Crippen molar-refractivity contribution in [3.05, 3.63) is 28.2 Å². The number of hydrogen-bond donors (Lipinski definition) is 2. The van der Waals surface area contributed by atoms with Crippen LogP contribution in [0.4, 0.5) is 0 Å². The van der Waals surface area contributed by atoms with Crippen LogP contribution in [0.25, 0.3) is 0 Å². The van der Waals surface area contributed by atoms with Crippen LogP contribution in [0.1, 0.15) is 32.1 Å². The van der Waals surface area contributed by atoms with Gasteiger partial charge in [0.2, 0.25) is 10.0 Å². The van der Waals surface area contributed by atoms with E-state index in [9.17, 15) is 8.42 Å². The van der Waals surface area contributed by atoms with Gasteiger partial charge in [-0.3, -0.25) is 0 Å². The maximum atomic E-state index is 12.5. The minimum atomic E-state index is -3.59. The Labute approximate surface area is 135 Å². The average molecular weight is 349 g/mol. The molecular formula is C14H18Cl2N2O2S. The van der Waals surface area contributed by atoms with Crippen LogP contribution in [-0.4, -0.2) is 26.5 Å². The molecule has 0 radical (unpaired) electrons. The van der Waals surface area contributed by atoms with Crippen molar-refractivity contribution in [2.24, 2.45) is 0 Å². The van der Waals surface area contributed by atoms with Crippen LogP contribution in [0.5, 0.6) is 0 Å². The van der Waals surface area contributed by atoms with E-state index >= 15 is 0 Å². The molecule has 1 aromatic carbocycles. The van der Waals surface area contributed by atoms with Gasteiger partial charge in [0, 0.05) is 21.6 Å². The highest BCUT2D eigenvalue weighted by Gasteiger charge is 2.41. The summed E-state index contributed by atoms with van der Waals surface area (Å²) in [7, 11) is -3.59. The molecule has 1 spiro atoms. The van der Waals surface area contributed by atoms with Crippen molar-refractivity contribution in [2.45, 2.75) is 48.6 Å². The standard InChI is InChI=1S/C14H18Cl2N2O2S/c15-10-6-11(16)8-13(7-10)21(19,20)18-12-2-5-17-14(9-12)3-1-4-14/h6-8,12,17-18H,1-5,9H2. The summed E-state index contributed by atoms with van der Waals surface area (Å²) < 4.78 is 27.8. The van der Waals surface area contributed by atoms with E-state index in [0.717, 1.165) is 32.2 Å². The van der Waals surface area contributed by atoms with E-state index < -0.39 is 10.0 Å². The molecule has 0 aromatic heterocycles. The lowest BCUT2D eigenvalue weighted by Gasteiger charge is -2.48. The first-order chi connectivity index (χ1) is 9.89. The van der Waals surface area contributed by atoms with Gasteiger partial charge in [-0.15, -0.1) is 0 Å². The van der Waals surface area contributed by atoms with Crippen molar-refractivity contribution in [2.75, 3.05) is 6.54 Å². The van der Waals surface area contributed by atoms with E-state index in [4.69, 9.17) is 23.2 Å². The van der Waals surface area contributed by atoms with E-state index in [0.29, 0.717) is 10.0 Å². The molecule has 1 aliphatic heterocycles. The molecule has 0 bridgehead atoms. The average Bonchev–Trinajstić information content (AvgIpc) is 2.35. The molecule has 1 atom stereocenters. The molecule has 116 valence electrons. The molecule has 1 aromatic rings. The molecular weight excluding hydrogens is 331 g/mol. The Bertz CT molecular complexity index is 624. The third-order valence-corrected chi connectivity index (χ3v) is 6.35. The van der Waals surface area contributed by atoms with Gasteiger partial charge in [-0.2, -0.15) is 0 Å². The van der Waals surface area contributed by atoms with Crippen LogP contribution in [-0.2, 0) is 10.0 Å². The van der Waals surface area contributed by atoms with Crippen LogP contribution in [0, 0.1) is 0 Å². The SMILES string of the molecule is O=S(=O)(NC1CCNC2(CCC2)C1)c1cc(Cl)cc(Cl)c1. The van der Waals surface area contributed by atoms with Gasteiger partial charge in [0.05, 0.1) is 4.90 Å². The van der Waals surface area contributed by atoms with Gasteiger partial charge in [-0.05, 0) is 56.8 Å². The summed E-state index contributed by atoms with van der Waals surface area (Å²) in [5.74, 6) is 0. The predicted molar refractivity (Wildman–Crippen MR) is 84.4 cm³/mol. The Hall–Kier alpha value is -0.330. The lowest BCUT2D eigenvalue weighted by molar-refractivity contribution is 0.126. The van der Waals surface area contributed by atoms with Crippen LogP contribution >= 0.6 is 23.2 Å². The van der Waals surface area contributed by atoms with Gasteiger partial charge in [0.1, 0.15) is 0 Å². The lowest BCUT2D eigenvalue weighted by atomic mass is 9.70. The molecule has 7 heteroatoms. The number of piperidine rings is 1. The normalized spacial score (nSPS) is 24.8. The first kappa shape index (κ1) is 15.6. The summed E-state index contributed by atoms with van der Waals surface area (Å²) in [5.41, 5.74) is 0.150. The molecule has 3 rings (SSSR count). The van der Waals surface area contributed by atoms with Gasteiger partial charge in [-0.1, -0.05) is 23.2 Å². The highest BCUT2D eigenvalue weighted by Crippen LogP contribution is 2.38. The fourth-order valence-electron chi connectivity index (χ4n) is 3.21. The Balaban J connectivity index is 1.76. The van der Waals surface area contributed by atoms with Crippen molar-refractivity contribution in [1.82, 2.24) is 10.0 Å². The summed E-state index contributed by atoms with van der Waals surface area (Å²) in [6.07, 6.45) is 5.13. The Morgan fingerprint density at radius 2 is 1.86 bits per heavy atom. The minimum absolute atomic E-state index is 0.0330. The number of hydrogen-bond acceptors (Lipinski definition) is 3. The van der Waals surface area contributed by atoms with Gasteiger partial charge in [0.25, 0.3) is 0 Å². The van der Waals surface area contributed by atoms with Crippen molar-refractivity contribution < 1.29 is 8.42 Å². The number of rotatable bonds is 3. The van der Waals surface area contributed by atoms with E-state index in [2.05, 4.69) is 10.0 Å².